The van der Waals surface area contributed by atoms with Crippen LogP contribution in [0.2, 0.25) is 0 Å². The minimum Gasteiger partial charge on any atom is -0.480 e. The largest absolute Gasteiger partial charge is 0.480 e. The molecule has 0 spiro atoms. The Bertz CT molecular complexity index is 313. The van der Waals surface area contributed by atoms with E-state index in [0.717, 1.165) is 24.3 Å². The molecule has 0 saturated carbocycles. The molecule has 0 radical (unpaired) electrons. The third-order valence-electron chi connectivity index (χ3n) is 2.68. The fraction of sp³-hybridized carbons (Fsp3) is 0.167. The summed E-state index contributed by atoms with van der Waals surface area (Å²) in [5, 5.41) is 18.3. The first-order valence-electron chi connectivity index (χ1n) is 4.39. The van der Waals surface area contributed by atoms with Crippen molar-refractivity contribution in [1.82, 2.24) is 0 Å². The average Bonchev–Trinajstić information content (AvgIpc) is 2.25. The van der Waals surface area contributed by atoms with E-state index < -0.39 is 22.8 Å². The van der Waals surface area contributed by atoms with Gasteiger partial charge in [-0.3, -0.25) is 9.59 Å². The van der Waals surface area contributed by atoms with Gasteiger partial charge in [0.2, 0.25) is 0 Å². The molecule has 4 nitrogen and oxygen atoms in total. The molecule has 2 N–H and O–H groups in total. The smallest absolute Gasteiger partial charge is 0.319 e. The zero-order chi connectivity index (χ0) is 13.0. The van der Waals surface area contributed by atoms with Gasteiger partial charge in [-0.15, -0.1) is 26.3 Å². The Morgan fingerprint density at radius 3 is 1.00 bits per heavy atom. The molecule has 0 heterocycles. The number of rotatable bonds is 7. The van der Waals surface area contributed by atoms with E-state index in [0.29, 0.717) is 0 Å². The fourth-order valence-electron chi connectivity index (χ4n) is 1.55. The first-order chi connectivity index (χ1) is 7.38. The molecule has 0 aliphatic carbocycles. The highest BCUT2D eigenvalue weighted by molar-refractivity contribution is 5.93. The monoisotopic (exact) mass is 222 g/mol. The van der Waals surface area contributed by atoms with E-state index in [-0.39, 0.29) is 0 Å². The van der Waals surface area contributed by atoms with Crippen LogP contribution in [0.4, 0.5) is 0 Å². The van der Waals surface area contributed by atoms with Crippen LogP contribution in [0, 0.1) is 10.8 Å². The lowest BCUT2D eigenvalue weighted by molar-refractivity contribution is -0.158. The quantitative estimate of drug-likeness (QED) is 0.645. The molecule has 0 aliphatic rings. The zero-order valence-electron chi connectivity index (χ0n) is 8.85. The van der Waals surface area contributed by atoms with Crippen LogP contribution in [0.1, 0.15) is 0 Å². The Morgan fingerprint density at radius 2 is 0.938 bits per heavy atom. The first-order valence-corrected chi connectivity index (χ1v) is 4.39. The van der Waals surface area contributed by atoms with Gasteiger partial charge in [-0.25, -0.2) is 0 Å². The van der Waals surface area contributed by atoms with Crippen LogP contribution in [0.5, 0.6) is 0 Å². The van der Waals surface area contributed by atoms with E-state index in [1.807, 2.05) is 0 Å². The van der Waals surface area contributed by atoms with E-state index in [9.17, 15) is 9.59 Å². The maximum absolute atomic E-state index is 11.3. The third-order valence-corrected chi connectivity index (χ3v) is 2.68. The van der Waals surface area contributed by atoms with Crippen molar-refractivity contribution in [2.24, 2.45) is 10.8 Å². The molecule has 0 aromatic heterocycles. The van der Waals surface area contributed by atoms with Crippen LogP contribution in [0.25, 0.3) is 0 Å². The summed E-state index contributed by atoms with van der Waals surface area (Å²) in [6.07, 6.45) is 4.05. The van der Waals surface area contributed by atoms with Gasteiger partial charge < -0.3 is 10.2 Å². The van der Waals surface area contributed by atoms with Gasteiger partial charge in [0, 0.05) is 0 Å². The second-order valence-electron chi connectivity index (χ2n) is 3.16. The summed E-state index contributed by atoms with van der Waals surface area (Å²) in [7, 11) is 0. The first kappa shape index (κ1) is 13.9. The molecule has 0 aromatic carbocycles. The minimum atomic E-state index is -1.87. The Morgan fingerprint density at radius 1 is 0.750 bits per heavy atom. The summed E-state index contributed by atoms with van der Waals surface area (Å²) in [5.41, 5.74) is -3.75. The fourth-order valence-corrected chi connectivity index (χ4v) is 1.55. The van der Waals surface area contributed by atoms with Gasteiger partial charge >= 0.3 is 11.9 Å². The number of aliphatic carboxylic acids is 2. The van der Waals surface area contributed by atoms with E-state index >= 15 is 0 Å². The van der Waals surface area contributed by atoms with E-state index in [1.54, 1.807) is 0 Å². The molecule has 0 unspecified atom stereocenters. The highest BCUT2D eigenvalue weighted by Crippen LogP contribution is 2.44. The van der Waals surface area contributed by atoms with Gasteiger partial charge in [-0.2, -0.15) is 0 Å². The summed E-state index contributed by atoms with van der Waals surface area (Å²) < 4.78 is 0. The summed E-state index contributed by atoms with van der Waals surface area (Å²) in [5.74, 6) is -2.75. The van der Waals surface area contributed by atoms with Crippen LogP contribution in [0.3, 0.4) is 0 Å². The van der Waals surface area contributed by atoms with Crippen molar-refractivity contribution in [2.45, 2.75) is 0 Å². The molecule has 0 rings (SSSR count). The molecule has 0 bridgehead atoms. The van der Waals surface area contributed by atoms with Crippen molar-refractivity contribution in [1.29, 1.82) is 0 Å². The number of carbonyl (C=O) groups is 2. The number of carboxylic acid groups (broad SMARTS) is 2. The summed E-state index contributed by atoms with van der Waals surface area (Å²) >= 11 is 0. The number of hydrogen-bond acceptors (Lipinski definition) is 2. The highest BCUT2D eigenvalue weighted by Gasteiger charge is 2.55. The Hall–Kier alpha value is -2.10. The second kappa shape index (κ2) is 4.61. The Labute approximate surface area is 93.9 Å². The minimum absolute atomic E-state index is 1.01. The molecule has 16 heavy (non-hydrogen) atoms. The third kappa shape index (κ3) is 1.48. The van der Waals surface area contributed by atoms with Gasteiger partial charge in [0.1, 0.15) is 10.8 Å². The maximum Gasteiger partial charge on any atom is 0.319 e. The van der Waals surface area contributed by atoms with Crippen LogP contribution >= 0.6 is 0 Å². The number of hydrogen-bond donors (Lipinski definition) is 2. The van der Waals surface area contributed by atoms with E-state index in [4.69, 9.17) is 10.2 Å². The number of carboxylic acids is 2. The summed E-state index contributed by atoms with van der Waals surface area (Å²) in [6.45, 7) is 13.4. The van der Waals surface area contributed by atoms with Crippen LogP contribution < -0.4 is 0 Å². The van der Waals surface area contributed by atoms with Gasteiger partial charge in [-0.1, -0.05) is 24.3 Å². The van der Waals surface area contributed by atoms with Crippen LogP contribution in [0.15, 0.2) is 50.6 Å². The highest BCUT2D eigenvalue weighted by atomic mass is 16.4. The Kier molecular flexibility index (Phi) is 4.01. The van der Waals surface area contributed by atoms with Crippen molar-refractivity contribution in [3.05, 3.63) is 50.6 Å². The lowest BCUT2D eigenvalue weighted by Gasteiger charge is -2.36. The predicted octanol–water partition coefficient (Wildman–Crippen LogP) is 1.87. The van der Waals surface area contributed by atoms with Crippen molar-refractivity contribution in [3.63, 3.8) is 0 Å². The molecule has 4 heteroatoms. The molecule has 0 fully saturated rings. The Balaban J connectivity index is 6.20. The lowest BCUT2D eigenvalue weighted by Crippen LogP contribution is -2.47. The average molecular weight is 222 g/mol. The normalized spacial score (nSPS) is 11.2. The van der Waals surface area contributed by atoms with Gasteiger partial charge in [0.05, 0.1) is 0 Å². The van der Waals surface area contributed by atoms with Crippen molar-refractivity contribution >= 4 is 11.9 Å². The van der Waals surface area contributed by atoms with Gasteiger partial charge in [0.15, 0.2) is 0 Å². The molecular formula is C12H14O4. The van der Waals surface area contributed by atoms with E-state index in [2.05, 4.69) is 26.3 Å². The van der Waals surface area contributed by atoms with Crippen molar-refractivity contribution in [3.8, 4) is 0 Å². The topological polar surface area (TPSA) is 74.6 Å². The van der Waals surface area contributed by atoms with Crippen molar-refractivity contribution in [2.75, 3.05) is 0 Å². The van der Waals surface area contributed by atoms with Crippen molar-refractivity contribution < 1.29 is 19.8 Å². The molecule has 86 valence electrons. The van der Waals surface area contributed by atoms with Gasteiger partial charge in [-0.05, 0) is 0 Å². The molecular weight excluding hydrogens is 208 g/mol. The summed E-state index contributed by atoms with van der Waals surface area (Å²) in [4.78, 5) is 22.5. The predicted molar refractivity (Wildman–Crippen MR) is 60.9 cm³/mol. The molecule has 0 aliphatic heterocycles. The zero-order valence-corrected chi connectivity index (χ0v) is 8.85. The molecule has 0 atom stereocenters. The van der Waals surface area contributed by atoms with Crippen LogP contribution in [-0.2, 0) is 9.59 Å². The van der Waals surface area contributed by atoms with E-state index in [1.165, 1.54) is 0 Å². The molecule has 0 amide bonds. The molecule has 0 saturated heterocycles. The maximum atomic E-state index is 11.3. The second-order valence-corrected chi connectivity index (χ2v) is 3.16. The lowest BCUT2D eigenvalue weighted by atomic mass is 9.63. The van der Waals surface area contributed by atoms with Gasteiger partial charge in [0.25, 0.3) is 0 Å². The summed E-state index contributed by atoms with van der Waals surface area (Å²) in [6, 6.07) is 0. The van der Waals surface area contributed by atoms with Crippen LogP contribution in [-0.4, -0.2) is 22.2 Å². The molecule has 0 aromatic rings. The standard InChI is InChI=1S/C12H14O4/c1-5-11(6-2,9(13)14)12(7-3,8-4)10(15)16/h5-8H,1-4H2,(H,13,14)(H,15,16). The SMILES string of the molecule is C=CC(C=C)(C(=O)O)C(C=C)(C=C)C(=O)O.